The molecule has 0 bridgehead atoms. The molecule has 0 fully saturated rings. The Kier molecular flexibility index (Phi) is 5.35. The molecule has 3 N–H and O–H groups in total. The van der Waals surface area contributed by atoms with Gasteiger partial charge in [0.1, 0.15) is 0 Å². The Morgan fingerprint density at radius 3 is 2.45 bits per heavy atom. The van der Waals surface area contributed by atoms with Gasteiger partial charge < -0.3 is 5.32 Å². The van der Waals surface area contributed by atoms with Crippen molar-refractivity contribution in [2.45, 2.75) is 0 Å². The number of amides is 1. The number of benzene rings is 1. The fraction of sp³-hybridized carbons (Fsp3) is 0.182. The highest BCUT2D eigenvalue weighted by Crippen LogP contribution is 2.12. The van der Waals surface area contributed by atoms with E-state index in [2.05, 4.69) is 5.32 Å². The van der Waals surface area contributed by atoms with Gasteiger partial charge in [0, 0.05) is 24.8 Å². The third-order valence-electron chi connectivity index (χ3n) is 2.22. The molecule has 0 saturated heterocycles. The normalized spacial score (nSPS) is 11.4. The Labute approximate surface area is 115 Å². The van der Waals surface area contributed by atoms with Crippen molar-refractivity contribution in [3.63, 3.8) is 0 Å². The maximum Gasteiger partial charge on any atom is 0.269 e. The highest BCUT2D eigenvalue weighted by Gasteiger charge is 2.04. The van der Waals surface area contributed by atoms with E-state index in [1.54, 1.807) is 0 Å². The van der Waals surface area contributed by atoms with Crippen LogP contribution < -0.4 is 10.5 Å². The van der Waals surface area contributed by atoms with E-state index in [4.69, 9.17) is 5.14 Å². The van der Waals surface area contributed by atoms with Gasteiger partial charge in [-0.25, -0.2) is 13.6 Å². The van der Waals surface area contributed by atoms with Gasteiger partial charge in [-0.2, -0.15) is 0 Å². The molecule has 0 spiro atoms. The molecule has 8 nitrogen and oxygen atoms in total. The van der Waals surface area contributed by atoms with Crippen LogP contribution >= 0.6 is 0 Å². The zero-order chi connectivity index (χ0) is 15.2. The third-order valence-corrected chi connectivity index (χ3v) is 2.99. The molecule has 0 aliphatic heterocycles. The van der Waals surface area contributed by atoms with Gasteiger partial charge >= 0.3 is 0 Å². The quantitative estimate of drug-likeness (QED) is 0.434. The maximum atomic E-state index is 11.3. The van der Waals surface area contributed by atoms with E-state index < -0.39 is 20.9 Å². The number of nitro groups is 1. The summed E-state index contributed by atoms with van der Waals surface area (Å²) >= 11 is 0. The molecule has 0 aromatic heterocycles. The fourth-order valence-electron chi connectivity index (χ4n) is 1.25. The molecule has 0 saturated carbocycles. The summed E-state index contributed by atoms with van der Waals surface area (Å²) in [4.78, 5) is 21.3. The van der Waals surface area contributed by atoms with Crippen LogP contribution in [0.5, 0.6) is 0 Å². The summed E-state index contributed by atoms with van der Waals surface area (Å²) in [5.41, 5.74) is 0.567. The van der Waals surface area contributed by atoms with Crippen LogP contribution in [-0.4, -0.2) is 31.5 Å². The summed E-state index contributed by atoms with van der Waals surface area (Å²) in [6.07, 6.45) is 2.65. The number of carbonyl (C=O) groups is 1. The zero-order valence-corrected chi connectivity index (χ0v) is 11.2. The van der Waals surface area contributed by atoms with Gasteiger partial charge in [-0.3, -0.25) is 14.9 Å². The Hall–Kier alpha value is -2.26. The molecule has 0 radical (unpaired) electrons. The molecule has 1 rings (SSSR count). The van der Waals surface area contributed by atoms with Crippen molar-refractivity contribution < 1.29 is 18.1 Å². The summed E-state index contributed by atoms with van der Waals surface area (Å²) in [5.74, 6) is -0.823. The van der Waals surface area contributed by atoms with E-state index in [1.807, 2.05) is 0 Å². The topological polar surface area (TPSA) is 132 Å². The van der Waals surface area contributed by atoms with Crippen molar-refractivity contribution in [3.8, 4) is 0 Å². The smallest absolute Gasteiger partial charge is 0.269 e. The molecule has 9 heteroatoms. The highest BCUT2D eigenvalue weighted by atomic mass is 32.2. The number of nitro benzene ring substituents is 1. The van der Waals surface area contributed by atoms with Crippen LogP contribution in [0, 0.1) is 10.1 Å². The van der Waals surface area contributed by atoms with Crippen molar-refractivity contribution in [2.75, 3.05) is 12.3 Å². The molecular formula is C11H13N3O5S. The predicted molar refractivity (Wildman–Crippen MR) is 73.1 cm³/mol. The number of nitrogens with zero attached hydrogens (tertiary/aromatic N) is 1. The largest absolute Gasteiger partial charge is 0.351 e. The fourth-order valence-corrected chi connectivity index (χ4v) is 1.64. The van der Waals surface area contributed by atoms with Gasteiger partial charge in [-0.15, -0.1) is 0 Å². The molecule has 1 amide bonds. The van der Waals surface area contributed by atoms with Crippen molar-refractivity contribution in [1.29, 1.82) is 0 Å². The van der Waals surface area contributed by atoms with Gasteiger partial charge in [0.05, 0.1) is 10.7 Å². The molecule has 20 heavy (non-hydrogen) atoms. The van der Waals surface area contributed by atoms with E-state index >= 15 is 0 Å². The molecule has 1 aromatic carbocycles. The minimum Gasteiger partial charge on any atom is -0.351 e. The first-order valence-corrected chi connectivity index (χ1v) is 7.20. The molecule has 108 valence electrons. The standard InChI is InChI=1S/C11H13N3O5S/c12-20(18,19)8-7-13-11(15)6-3-9-1-4-10(5-2-9)14(16)17/h1-6H,7-8H2,(H,13,15)(H2,12,18,19)/b6-3+. The predicted octanol–water partition coefficient (Wildman–Crippen LogP) is 0.0127. The average Bonchev–Trinajstić information content (AvgIpc) is 2.35. The third kappa shape index (κ3) is 6.07. The molecule has 1 aromatic rings. The summed E-state index contributed by atoms with van der Waals surface area (Å²) in [5, 5.41) is 17.6. The van der Waals surface area contributed by atoms with Gasteiger partial charge in [-0.1, -0.05) is 0 Å². The lowest BCUT2D eigenvalue weighted by Crippen LogP contribution is -2.30. The second-order valence-electron chi connectivity index (χ2n) is 3.84. The highest BCUT2D eigenvalue weighted by molar-refractivity contribution is 7.89. The molecule has 0 atom stereocenters. The summed E-state index contributed by atoms with van der Waals surface area (Å²) in [6, 6.07) is 5.62. The Morgan fingerprint density at radius 2 is 1.95 bits per heavy atom. The number of carbonyl (C=O) groups excluding carboxylic acids is 1. The number of nitrogens with two attached hydrogens (primary N) is 1. The first kappa shape index (κ1) is 15.8. The van der Waals surface area contributed by atoms with E-state index in [-0.39, 0.29) is 18.0 Å². The van der Waals surface area contributed by atoms with Gasteiger partial charge in [0.2, 0.25) is 15.9 Å². The Morgan fingerprint density at radius 1 is 1.35 bits per heavy atom. The van der Waals surface area contributed by atoms with Crippen molar-refractivity contribution in [2.24, 2.45) is 5.14 Å². The number of rotatable bonds is 6. The SMILES string of the molecule is NS(=O)(=O)CCNC(=O)/C=C/c1ccc([N+](=O)[O-])cc1. The first-order valence-electron chi connectivity index (χ1n) is 5.49. The number of nitrogens with one attached hydrogen (secondary N) is 1. The van der Waals surface area contributed by atoms with Crippen LogP contribution in [0.4, 0.5) is 5.69 Å². The van der Waals surface area contributed by atoms with E-state index in [0.717, 1.165) is 0 Å². The first-order chi connectivity index (χ1) is 9.28. The van der Waals surface area contributed by atoms with Crippen LogP contribution in [0.15, 0.2) is 30.3 Å². The molecule has 0 aliphatic carbocycles. The maximum absolute atomic E-state index is 11.3. The number of non-ortho nitro benzene ring substituents is 1. The molecule has 0 unspecified atom stereocenters. The number of hydrogen-bond donors (Lipinski definition) is 2. The number of primary sulfonamides is 1. The minimum absolute atomic E-state index is 0.0419. The number of sulfonamides is 1. The zero-order valence-electron chi connectivity index (χ0n) is 10.4. The van der Waals surface area contributed by atoms with Crippen molar-refractivity contribution in [1.82, 2.24) is 5.32 Å². The van der Waals surface area contributed by atoms with Crippen LogP contribution in [-0.2, 0) is 14.8 Å². The van der Waals surface area contributed by atoms with Crippen molar-refractivity contribution in [3.05, 3.63) is 46.0 Å². The second kappa shape index (κ2) is 6.78. The second-order valence-corrected chi connectivity index (χ2v) is 5.57. The lowest BCUT2D eigenvalue weighted by Gasteiger charge is -2.00. The lowest BCUT2D eigenvalue weighted by atomic mass is 10.2. The average molecular weight is 299 g/mol. The summed E-state index contributed by atoms with van der Waals surface area (Å²) in [7, 11) is -3.60. The summed E-state index contributed by atoms with van der Waals surface area (Å²) in [6.45, 7) is -0.0811. The molecule has 0 heterocycles. The van der Waals surface area contributed by atoms with Gasteiger partial charge in [-0.05, 0) is 23.8 Å². The lowest BCUT2D eigenvalue weighted by molar-refractivity contribution is -0.384. The van der Waals surface area contributed by atoms with E-state index in [0.29, 0.717) is 5.56 Å². The Balaban J connectivity index is 2.51. The van der Waals surface area contributed by atoms with Gasteiger partial charge in [0.25, 0.3) is 5.69 Å². The van der Waals surface area contributed by atoms with Crippen LogP contribution in [0.3, 0.4) is 0 Å². The summed E-state index contributed by atoms with van der Waals surface area (Å²) < 4.78 is 21.3. The van der Waals surface area contributed by atoms with Crippen molar-refractivity contribution >= 4 is 27.7 Å². The van der Waals surface area contributed by atoms with E-state index in [9.17, 15) is 23.3 Å². The minimum atomic E-state index is -3.60. The van der Waals surface area contributed by atoms with Crippen LogP contribution in [0.25, 0.3) is 6.08 Å². The van der Waals surface area contributed by atoms with Gasteiger partial charge in [0.15, 0.2) is 0 Å². The molecular weight excluding hydrogens is 286 g/mol. The monoisotopic (exact) mass is 299 g/mol. The van der Waals surface area contributed by atoms with Crippen LogP contribution in [0.2, 0.25) is 0 Å². The molecule has 0 aliphatic rings. The Bertz CT molecular complexity index is 622. The van der Waals surface area contributed by atoms with Crippen LogP contribution in [0.1, 0.15) is 5.56 Å². The number of hydrogen-bond acceptors (Lipinski definition) is 5. The van der Waals surface area contributed by atoms with E-state index in [1.165, 1.54) is 36.4 Å².